The molecule has 6 nitrogen and oxygen atoms in total. The molecule has 0 radical (unpaired) electrons. The Morgan fingerprint density at radius 1 is 1.27 bits per heavy atom. The van der Waals surface area contributed by atoms with E-state index >= 15 is 0 Å². The molecule has 1 fully saturated rings. The van der Waals surface area contributed by atoms with Crippen LogP contribution in [0.1, 0.15) is 20.3 Å². The van der Waals surface area contributed by atoms with Gasteiger partial charge in [-0.2, -0.15) is 0 Å². The van der Waals surface area contributed by atoms with Gasteiger partial charge in [0.15, 0.2) is 0 Å². The molecule has 1 aromatic carbocycles. The molecule has 0 bridgehead atoms. The van der Waals surface area contributed by atoms with Gasteiger partial charge in [-0.1, -0.05) is 13.8 Å². The van der Waals surface area contributed by atoms with Crippen LogP contribution in [0.4, 0.5) is 0 Å². The fraction of sp³-hybridized carbons (Fsp3) is 0.579. The highest BCUT2D eigenvalue weighted by Gasteiger charge is 2.30. The van der Waals surface area contributed by atoms with Crippen molar-refractivity contribution in [3.05, 3.63) is 24.3 Å². The van der Waals surface area contributed by atoms with Crippen LogP contribution >= 0.6 is 11.8 Å². The van der Waals surface area contributed by atoms with E-state index in [0.717, 1.165) is 10.6 Å². The molecule has 2 rings (SSSR count). The molecule has 1 aliphatic heterocycles. The molecule has 2 atom stereocenters. The third kappa shape index (κ3) is 6.88. The number of ether oxygens (including phenoxy) is 2. The first-order chi connectivity index (χ1) is 12.5. The third-order valence-electron chi connectivity index (χ3n) is 4.09. The van der Waals surface area contributed by atoms with E-state index in [9.17, 15) is 9.59 Å². The number of thioether (sulfide) groups is 1. The quantitative estimate of drug-likeness (QED) is 0.642. The van der Waals surface area contributed by atoms with Gasteiger partial charge in [0.05, 0.1) is 31.5 Å². The van der Waals surface area contributed by atoms with E-state index in [2.05, 4.69) is 24.5 Å². The predicted molar refractivity (Wildman–Crippen MR) is 102 cm³/mol. The molecule has 0 aromatic heterocycles. The Morgan fingerprint density at radius 2 is 2.00 bits per heavy atom. The Labute approximate surface area is 159 Å². The van der Waals surface area contributed by atoms with Gasteiger partial charge in [0, 0.05) is 18.0 Å². The summed E-state index contributed by atoms with van der Waals surface area (Å²) < 4.78 is 10.7. The van der Waals surface area contributed by atoms with Gasteiger partial charge >= 0.3 is 0 Å². The van der Waals surface area contributed by atoms with Crippen LogP contribution in [-0.4, -0.2) is 50.5 Å². The first-order valence-electron chi connectivity index (χ1n) is 8.90. The topological polar surface area (TPSA) is 76.7 Å². The standard InChI is InChI=1S/C19H28N2O4S/c1-13(2)9-21-19(23)14-8-16(25-11-14)10-20-18(22)12-26-17-6-4-15(24-3)5-7-17/h4-7,13-14,16H,8-12H2,1-3H3,(H,20,22)(H,21,23)/t14-,16-/m0/s1. The van der Waals surface area contributed by atoms with Crippen LogP contribution in [-0.2, 0) is 14.3 Å². The Bertz CT molecular complexity index is 592. The summed E-state index contributed by atoms with van der Waals surface area (Å²) in [6.07, 6.45) is 0.551. The summed E-state index contributed by atoms with van der Waals surface area (Å²) >= 11 is 1.47. The minimum atomic E-state index is -0.121. The lowest BCUT2D eigenvalue weighted by molar-refractivity contribution is -0.125. The average molecular weight is 381 g/mol. The molecule has 26 heavy (non-hydrogen) atoms. The van der Waals surface area contributed by atoms with Crippen molar-refractivity contribution >= 4 is 23.6 Å². The number of methoxy groups -OCH3 is 1. The van der Waals surface area contributed by atoms with Gasteiger partial charge in [0.2, 0.25) is 11.8 Å². The fourth-order valence-electron chi connectivity index (χ4n) is 2.58. The Hall–Kier alpha value is -1.73. The molecule has 1 aliphatic rings. The van der Waals surface area contributed by atoms with Crippen LogP contribution in [0.2, 0.25) is 0 Å². The van der Waals surface area contributed by atoms with Crippen molar-refractivity contribution in [3.63, 3.8) is 0 Å². The summed E-state index contributed by atoms with van der Waals surface area (Å²) in [5.74, 6) is 1.45. The van der Waals surface area contributed by atoms with Crippen molar-refractivity contribution in [2.24, 2.45) is 11.8 Å². The van der Waals surface area contributed by atoms with Gasteiger partial charge in [-0.05, 0) is 36.6 Å². The SMILES string of the molecule is COc1ccc(SCC(=O)NC[C@@H]2C[C@H](C(=O)NCC(C)C)CO2)cc1. The number of carbonyl (C=O) groups is 2. The van der Waals surface area contributed by atoms with Crippen molar-refractivity contribution in [3.8, 4) is 5.75 Å². The average Bonchev–Trinajstić information content (AvgIpc) is 3.12. The van der Waals surface area contributed by atoms with Gasteiger partial charge in [-0.3, -0.25) is 9.59 Å². The maximum atomic E-state index is 12.0. The zero-order valence-corrected chi connectivity index (χ0v) is 16.4. The molecule has 1 heterocycles. The first-order valence-corrected chi connectivity index (χ1v) is 9.89. The highest BCUT2D eigenvalue weighted by atomic mass is 32.2. The van der Waals surface area contributed by atoms with Gasteiger partial charge in [0.25, 0.3) is 0 Å². The summed E-state index contributed by atoms with van der Waals surface area (Å²) in [6, 6.07) is 7.60. The Kier molecular flexibility index (Phi) is 8.25. The molecule has 0 saturated carbocycles. The van der Waals surface area contributed by atoms with E-state index < -0.39 is 0 Å². The second-order valence-electron chi connectivity index (χ2n) is 6.80. The highest BCUT2D eigenvalue weighted by molar-refractivity contribution is 8.00. The second-order valence-corrected chi connectivity index (χ2v) is 7.84. The number of benzene rings is 1. The Balaban J connectivity index is 1.64. The summed E-state index contributed by atoms with van der Waals surface area (Å²) in [5.41, 5.74) is 0. The number of hydrogen-bond donors (Lipinski definition) is 2. The first kappa shape index (κ1) is 20.6. The molecule has 2 amide bonds. The van der Waals surface area contributed by atoms with E-state index in [-0.39, 0.29) is 23.8 Å². The number of nitrogens with one attached hydrogen (secondary N) is 2. The lowest BCUT2D eigenvalue weighted by Crippen LogP contribution is -2.35. The van der Waals surface area contributed by atoms with E-state index in [0.29, 0.717) is 37.8 Å². The zero-order chi connectivity index (χ0) is 18.9. The third-order valence-corrected chi connectivity index (χ3v) is 5.10. The molecule has 1 saturated heterocycles. The van der Waals surface area contributed by atoms with Gasteiger partial charge in [0.1, 0.15) is 5.75 Å². The number of carbonyl (C=O) groups excluding carboxylic acids is 2. The highest BCUT2D eigenvalue weighted by Crippen LogP contribution is 2.21. The van der Waals surface area contributed by atoms with Gasteiger partial charge < -0.3 is 20.1 Å². The summed E-state index contributed by atoms with van der Waals surface area (Å²) in [6.45, 7) is 5.67. The molecule has 144 valence electrons. The molecule has 0 unspecified atom stereocenters. The van der Waals surface area contributed by atoms with Crippen LogP contribution in [0, 0.1) is 11.8 Å². The summed E-state index contributed by atoms with van der Waals surface area (Å²) in [4.78, 5) is 25.1. The minimum Gasteiger partial charge on any atom is -0.497 e. The fourth-order valence-corrected chi connectivity index (χ4v) is 3.31. The number of hydrogen-bond acceptors (Lipinski definition) is 5. The van der Waals surface area contributed by atoms with Crippen molar-refractivity contribution in [1.29, 1.82) is 0 Å². The van der Waals surface area contributed by atoms with E-state index in [1.165, 1.54) is 11.8 Å². The van der Waals surface area contributed by atoms with Gasteiger partial charge in [-0.25, -0.2) is 0 Å². The molecular formula is C19H28N2O4S. The second kappa shape index (κ2) is 10.4. The minimum absolute atomic E-state index is 0.0397. The predicted octanol–water partition coefficient (Wildman–Crippen LogP) is 2.08. The Morgan fingerprint density at radius 3 is 2.65 bits per heavy atom. The molecular weight excluding hydrogens is 352 g/mol. The van der Waals surface area contributed by atoms with Crippen molar-refractivity contribution in [2.75, 3.05) is 32.6 Å². The maximum Gasteiger partial charge on any atom is 0.230 e. The lowest BCUT2D eigenvalue weighted by Gasteiger charge is -2.12. The van der Waals surface area contributed by atoms with E-state index in [1.807, 2.05) is 24.3 Å². The number of rotatable bonds is 9. The van der Waals surface area contributed by atoms with Crippen LogP contribution in [0.15, 0.2) is 29.2 Å². The van der Waals surface area contributed by atoms with Crippen LogP contribution in [0.3, 0.4) is 0 Å². The zero-order valence-electron chi connectivity index (χ0n) is 15.6. The normalized spacial score (nSPS) is 19.4. The monoisotopic (exact) mass is 380 g/mol. The van der Waals surface area contributed by atoms with Crippen molar-refractivity contribution in [2.45, 2.75) is 31.3 Å². The summed E-state index contributed by atoms with van der Waals surface area (Å²) in [5, 5.41) is 5.82. The lowest BCUT2D eigenvalue weighted by atomic mass is 10.0. The van der Waals surface area contributed by atoms with Crippen molar-refractivity contribution in [1.82, 2.24) is 10.6 Å². The molecule has 0 aliphatic carbocycles. The van der Waals surface area contributed by atoms with Crippen molar-refractivity contribution < 1.29 is 19.1 Å². The molecule has 2 N–H and O–H groups in total. The van der Waals surface area contributed by atoms with Crippen LogP contribution in [0.5, 0.6) is 5.75 Å². The molecule has 1 aromatic rings. The molecule has 0 spiro atoms. The smallest absolute Gasteiger partial charge is 0.230 e. The van der Waals surface area contributed by atoms with Crippen LogP contribution < -0.4 is 15.4 Å². The number of amides is 2. The summed E-state index contributed by atoms with van der Waals surface area (Å²) in [7, 11) is 1.62. The van der Waals surface area contributed by atoms with E-state index in [4.69, 9.17) is 9.47 Å². The maximum absolute atomic E-state index is 12.0. The molecule has 7 heteroatoms. The largest absolute Gasteiger partial charge is 0.497 e. The van der Waals surface area contributed by atoms with E-state index in [1.54, 1.807) is 7.11 Å². The van der Waals surface area contributed by atoms with Crippen LogP contribution in [0.25, 0.3) is 0 Å². The van der Waals surface area contributed by atoms with Gasteiger partial charge in [-0.15, -0.1) is 11.8 Å².